The number of sulfonamides is 1. The maximum atomic E-state index is 13.8. The third-order valence-electron chi connectivity index (χ3n) is 6.08. The van der Waals surface area contributed by atoms with Gasteiger partial charge >= 0.3 is 6.09 Å². The van der Waals surface area contributed by atoms with Crippen LogP contribution in [0.25, 0.3) is 10.8 Å². The smallest absolute Gasteiger partial charge is 0.407 e. The Balaban J connectivity index is 1.75. The average molecular weight is 527 g/mol. The van der Waals surface area contributed by atoms with Crippen molar-refractivity contribution in [3.05, 3.63) is 77.9 Å². The summed E-state index contributed by atoms with van der Waals surface area (Å²) in [6, 6.07) is 20.4. The number of likely N-dealkylation sites (N-methyl/N-ethyl adjacent to an activating group) is 1. The molecule has 200 valence electrons. The lowest BCUT2D eigenvalue weighted by Gasteiger charge is -2.28. The van der Waals surface area contributed by atoms with Crippen LogP contribution in [0.4, 0.5) is 4.79 Å². The van der Waals surface area contributed by atoms with E-state index in [1.807, 2.05) is 67.6 Å². The van der Waals surface area contributed by atoms with Crippen LogP contribution in [0.1, 0.15) is 44.7 Å². The highest BCUT2D eigenvalue weighted by atomic mass is 32.2. The molecular formula is C29H38N2O5S. The molecule has 0 saturated carbocycles. The zero-order valence-corrected chi connectivity index (χ0v) is 23.2. The van der Waals surface area contributed by atoms with Crippen LogP contribution in [-0.4, -0.2) is 50.7 Å². The number of benzene rings is 3. The number of nitrogens with one attached hydrogen (secondary N) is 1. The maximum absolute atomic E-state index is 13.8. The minimum atomic E-state index is -3.81. The van der Waals surface area contributed by atoms with Crippen LogP contribution in [0.2, 0.25) is 0 Å². The molecule has 37 heavy (non-hydrogen) atoms. The molecule has 0 heterocycles. The number of aryl methyl sites for hydroxylation is 1. The lowest BCUT2D eigenvalue weighted by atomic mass is 10.1. The normalized spacial score (nSPS) is 13.0. The van der Waals surface area contributed by atoms with Crippen LogP contribution >= 0.6 is 0 Å². The number of alkyl carbamates (subject to hydrolysis) is 1. The number of rotatable bonds is 11. The second-order valence-electron chi connectivity index (χ2n) is 10.2. The number of carbonyl (C=O) groups is 1. The number of hydrogen-bond donors (Lipinski definition) is 1. The Morgan fingerprint density at radius 1 is 0.973 bits per heavy atom. The second-order valence-corrected chi connectivity index (χ2v) is 12.1. The van der Waals surface area contributed by atoms with E-state index >= 15 is 0 Å². The Hall–Kier alpha value is -2.94. The van der Waals surface area contributed by atoms with Gasteiger partial charge in [-0.05, 0) is 63.1 Å². The van der Waals surface area contributed by atoms with E-state index in [-0.39, 0.29) is 11.5 Å². The van der Waals surface area contributed by atoms with Gasteiger partial charge in [-0.2, -0.15) is 4.31 Å². The maximum Gasteiger partial charge on any atom is 0.407 e. The van der Waals surface area contributed by atoms with Crippen LogP contribution in [-0.2, 0) is 26.1 Å². The van der Waals surface area contributed by atoms with Crippen LogP contribution in [0, 0.1) is 6.92 Å². The topological polar surface area (TPSA) is 84.9 Å². The summed E-state index contributed by atoms with van der Waals surface area (Å²) in [4.78, 5) is 12.3. The van der Waals surface area contributed by atoms with Crippen molar-refractivity contribution in [2.75, 3.05) is 20.2 Å². The quantitative estimate of drug-likeness (QED) is 0.326. The summed E-state index contributed by atoms with van der Waals surface area (Å²) >= 11 is 0. The average Bonchev–Trinajstić information content (AvgIpc) is 2.85. The fourth-order valence-electron chi connectivity index (χ4n) is 4.10. The van der Waals surface area contributed by atoms with Crippen molar-refractivity contribution in [3.8, 4) is 0 Å². The molecule has 0 aliphatic rings. The van der Waals surface area contributed by atoms with Crippen molar-refractivity contribution in [2.24, 2.45) is 0 Å². The number of ether oxygens (including phenoxy) is 2. The van der Waals surface area contributed by atoms with Gasteiger partial charge in [0.2, 0.25) is 10.0 Å². The Bertz CT molecular complexity index is 1290. The van der Waals surface area contributed by atoms with Gasteiger partial charge < -0.3 is 14.8 Å². The minimum absolute atomic E-state index is 0.223. The van der Waals surface area contributed by atoms with Crippen molar-refractivity contribution in [3.63, 3.8) is 0 Å². The Morgan fingerprint density at radius 3 is 2.30 bits per heavy atom. The Morgan fingerprint density at radius 2 is 1.62 bits per heavy atom. The van der Waals surface area contributed by atoms with E-state index in [1.54, 1.807) is 33.9 Å². The summed E-state index contributed by atoms with van der Waals surface area (Å²) in [6.07, 6.45) is 0.577. The van der Waals surface area contributed by atoms with Crippen molar-refractivity contribution in [1.29, 1.82) is 0 Å². The molecule has 0 fully saturated rings. The van der Waals surface area contributed by atoms with E-state index < -0.39 is 27.8 Å². The van der Waals surface area contributed by atoms with Gasteiger partial charge in [0, 0.05) is 25.0 Å². The van der Waals surface area contributed by atoms with E-state index in [2.05, 4.69) is 5.32 Å². The molecule has 3 aromatic carbocycles. The first-order valence-electron chi connectivity index (χ1n) is 12.5. The highest BCUT2D eigenvalue weighted by Gasteiger charge is 2.30. The Labute approximate surface area is 220 Å². The first-order valence-corrected chi connectivity index (χ1v) is 14.0. The third-order valence-corrected chi connectivity index (χ3v) is 8.05. The van der Waals surface area contributed by atoms with Crippen molar-refractivity contribution in [2.45, 2.75) is 63.7 Å². The van der Waals surface area contributed by atoms with Gasteiger partial charge in [0.15, 0.2) is 0 Å². The SMILES string of the molecule is Cc1ccc(S(=O)(=O)N(C)[C@@H](CCCNC(=O)OC(C)(C)C)COCc2ccccc2)c2ccccc12. The molecule has 0 radical (unpaired) electrons. The molecule has 8 heteroatoms. The first kappa shape index (κ1) is 28.6. The monoisotopic (exact) mass is 526 g/mol. The number of amides is 1. The third kappa shape index (κ3) is 8.02. The summed E-state index contributed by atoms with van der Waals surface area (Å²) in [5, 5.41) is 4.36. The largest absolute Gasteiger partial charge is 0.444 e. The molecule has 0 aliphatic heterocycles. The molecule has 3 aromatic rings. The Kier molecular flexibility index (Phi) is 9.70. The molecule has 0 aliphatic carbocycles. The van der Waals surface area contributed by atoms with Crippen LogP contribution in [0.5, 0.6) is 0 Å². The van der Waals surface area contributed by atoms with E-state index in [9.17, 15) is 13.2 Å². The molecule has 0 saturated heterocycles. The molecule has 0 unspecified atom stereocenters. The zero-order valence-electron chi connectivity index (χ0n) is 22.4. The molecule has 1 N–H and O–H groups in total. The lowest BCUT2D eigenvalue weighted by molar-refractivity contribution is 0.0522. The molecule has 0 spiro atoms. The molecule has 7 nitrogen and oxygen atoms in total. The predicted molar refractivity (Wildman–Crippen MR) is 147 cm³/mol. The van der Waals surface area contributed by atoms with Gasteiger partial charge in [-0.25, -0.2) is 13.2 Å². The molecule has 0 aromatic heterocycles. The van der Waals surface area contributed by atoms with Crippen LogP contribution < -0.4 is 5.32 Å². The number of carbonyl (C=O) groups excluding carboxylic acids is 1. The number of nitrogens with zero attached hydrogens (tertiary/aromatic N) is 1. The predicted octanol–water partition coefficient (Wildman–Crippen LogP) is 5.66. The van der Waals surface area contributed by atoms with Gasteiger partial charge in [-0.15, -0.1) is 0 Å². The molecule has 3 rings (SSSR count). The fraction of sp³-hybridized carbons (Fsp3) is 0.414. The van der Waals surface area contributed by atoms with Gasteiger partial charge in [-0.1, -0.05) is 60.7 Å². The minimum Gasteiger partial charge on any atom is -0.444 e. The van der Waals surface area contributed by atoms with Crippen LogP contribution in [0.3, 0.4) is 0 Å². The van der Waals surface area contributed by atoms with Gasteiger partial charge in [0.25, 0.3) is 0 Å². The van der Waals surface area contributed by atoms with Crippen molar-refractivity contribution >= 4 is 26.9 Å². The molecular weight excluding hydrogens is 488 g/mol. The van der Waals surface area contributed by atoms with E-state index in [4.69, 9.17) is 9.47 Å². The molecule has 1 atom stereocenters. The van der Waals surface area contributed by atoms with Gasteiger partial charge in [0.1, 0.15) is 5.60 Å². The summed E-state index contributed by atoms with van der Waals surface area (Å²) in [6.45, 7) is 8.37. The summed E-state index contributed by atoms with van der Waals surface area (Å²) in [7, 11) is -2.21. The zero-order chi connectivity index (χ0) is 27.1. The van der Waals surface area contributed by atoms with Crippen molar-refractivity contribution < 1.29 is 22.7 Å². The second kappa shape index (κ2) is 12.5. The van der Waals surface area contributed by atoms with Crippen LogP contribution in [0.15, 0.2) is 71.6 Å². The molecule has 0 bridgehead atoms. The summed E-state index contributed by atoms with van der Waals surface area (Å²) < 4.78 is 40.3. The summed E-state index contributed by atoms with van der Waals surface area (Å²) in [5.41, 5.74) is 1.46. The lowest BCUT2D eigenvalue weighted by Crippen LogP contribution is -2.41. The van der Waals surface area contributed by atoms with Gasteiger partial charge in [0.05, 0.1) is 18.1 Å². The standard InChI is InChI=1S/C29H38N2O5S/c1-22-17-18-27(26-16-10-9-15-25(22)26)37(33,34)31(5)24(21-35-20-23-12-7-6-8-13-23)14-11-19-30-28(32)36-29(2,3)4/h6-10,12-13,15-18,24H,11,14,19-21H2,1-5H3,(H,30,32)/t24-/m0/s1. The van der Waals surface area contributed by atoms with E-state index in [0.29, 0.717) is 31.4 Å². The first-order chi connectivity index (χ1) is 17.5. The fourth-order valence-corrected chi connectivity index (χ4v) is 5.66. The van der Waals surface area contributed by atoms with E-state index in [1.165, 1.54) is 4.31 Å². The number of fused-ring (bicyclic) bond motifs is 1. The molecule has 1 amide bonds. The highest BCUT2D eigenvalue weighted by Crippen LogP contribution is 2.29. The van der Waals surface area contributed by atoms with Gasteiger partial charge in [-0.3, -0.25) is 0 Å². The summed E-state index contributed by atoms with van der Waals surface area (Å²) in [5.74, 6) is 0. The number of hydrogen-bond acceptors (Lipinski definition) is 5. The van der Waals surface area contributed by atoms with E-state index in [0.717, 1.165) is 16.5 Å². The van der Waals surface area contributed by atoms with Crippen molar-refractivity contribution in [1.82, 2.24) is 9.62 Å². The highest BCUT2D eigenvalue weighted by molar-refractivity contribution is 7.89.